The van der Waals surface area contributed by atoms with Crippen LogP contribution in [-0.2, 0) is 40.0 Å². The Kier molecular flexibility index (Phi) is 12.5. The molecule has 0 saturated carbocycles. The fourth-order valence-corrected chi connectivity index (χ4v) is 7.71. The van der Waals surface area contributed by atoms with Gasteiger partial charge in [0.1, 0.15) is 36.3 Å². The quantitative estimate of drug-likeness (QED) is 0.141. The molecular formula is C34H46N8O11S. The lowest BCUT2D eigenvalue weighted by Crippen LogP contribution is -2.60. The Labute approximate surface area is 313 Å². The van der Waals surface area contributed by atoms with Crippen LogP contribution in [0.3, 0.4) is 0 Å². The van der Waals surface area contributed by atoms with Gasteiger partial charge < -0.3 is 62.2 Å². The molecule has 1 aromatic carbocycles. The lowest BCUT2D eigenvalue weighted by atomic mass is 9.96. The van der Waals surface area contributed by atoms with Crippen LogP contribution in [-0.4, -0.2) is 151 Å². The second-order valence-electron chi connectivity index (χ2n) is 14.2. The Morgan fingerprint density at radius 1 is 0.926 bits per heavy atom. The zero-order valence-electron chi connectivity index (χ0n) is 29.9. The summed E-state index contributed by atoms with van der Waals surface area (Å²) in [6.07, 6.45) is -3.50. The third-order valence-corrected chi connectivity index (χ3v) is 10.7. The molecule has 0 spiro atoms. The fraction of sp³-hybridized carbons (Fsp3) is 0.559. The molecule has 1 aromatic heterocycles. The molecule has 1 saturated heterocycles. The number of para-hydroxylation sites is 1. The van der Waals surface area contributed by atoms with E-state index in [-0.39, 0.29) is 25.1 Å². The standard InChI is InChI=1S/C34H46N8O11S/c1-15-27(47)37-21-9-19-18-6-4-5-7-20(18)40-32(19)54-13-23(33(52)42-12-17(45)8-24(42)30(50)36-15)39-31(51)26(16(2)44)41-25(46)11-35-28(48)22(38-29(21)49)10-34(3,53)14-43/h4-7,15-17,21-24,26,40,43-45,53H,8-14H2,1-3H3,(H,35,48)(H,36,50)(H,37,47)(H,38,49)(H,39,51)(H,41,46)/t15-,16-,17-,21?,22-,23-,24-,26+,34+/m0/s1. The third kappa shape index (κ3) is 9.30. The zero-order valence-corrected chi connectivity index (χ0v) is 30.7. The molecular weight excluding hydrogens is 728 g/mol. The van der Waals surface area contributed by atoms with Gasteiger partial charge in [-0.2, -0.15) is 0 Å². The highest BCUT2D eigenvalue weighted by Crippen LogP contribution is 2.32. The predicted molar refractivity (Wildman–Crippen MR) is 191 cm³/mol. The number of rotatable bonds is 4. The Morgan fingerprint density at radius 3 is 2.33 bits per heavy atom. The molecule has 20 heteroatoms. The van der Waals surface area contributed by atoms with Gasteiger partial charge in [-0.15, -0.1) is 11.8 Å². The van der Waals surface area contributed by atoms with Crippen molar-refractivity contribution in [3.8, 4) is 0 Å². The predicted octanol–water partition coefficient (Wildman–Crippen LogP) is -4.13. The molecule has 0 aliphatic carbocycles. The van der Waals surface area contributed by atoms with E-state index in [1.54, 1.807) is 24.3 Å². The molecule has 5 rings (SSSR count). The number of carbonyl (C=O) groups is 7. The first-order chi connectivity index (χ1) is 25.5. The van der Waals surface area contributed by atoms with Crippen molar-refractivity contribution in [1.82, 2.24) is 41.8 Å². The van der Waals surface area contributed by atoms with E-state index in [9.17, 15) is 54.0 Å². The van der Waals surface area contributed by atoms with Gasteiger partial charge in [0.15, 0.2) is 0 Å². The number of fused-ring (bicyclic) bond motifs is 5. The number of carbonyl (C=O) groups excluding carboxylic acids is 7. The maximum Gasteiger partial charge on any atom is 0.246 e. The molecule has 2 bridgehead atoms. The lowest BCUT2D eigenvalue weighted by Gasteiger charge is -2.30. The van der Waals surface area contributed by atoms with Crippen LogP contribution in [0.4, 0.5) is 0 Å². The number of nitrogens with zero attached hydrogens (tertiary/aromatic N) is 1. The van der Waals surface area contributed by atoms with Crippen LogP contribution < -0.4 is 31.9 Å². The largest absolute Gasteiger partial charge is 0.393 e. The highest BCUT2D eigenvalue weighted by molar-refractivity contribution is 7.99. The first kappa shape index (κ1) is 40.4. The summed E-state index contributed by atoms with van der Waals surface area (Å²) in [6.45, 7) is 1.99. The van der Waals surface area contributed by atoms with Crippen molar-refractivity contribution >= 4 is 64.0 Å². The van der Waals surface area contributed by atoms with Crippen molar-refractivity contribution < 1.29 is 54.0 Å². The normalized spacial score (nSPS) is 29.7. The first-order valence-corrected chi connectivity index (χ1v) is 18.5. The maximum atomic E-state index is 14.2. The summed E-state index contributed by atoms with van der Waals surface area (Å²) in [5.74, 6) is -6.25. The highest BCUT2D eigenvalue weighted by atomic mass is 32.2. The van der Waals surface area contributed by atoms with Gasteiger partial charge in [-0.3, -0.25) is 33.6 Å². The molecule has 9 atom stereocenters. The second kappa shape index (κ2) is 16.7. The van der Waals surface area contributed by atoms with Crippen LogP contribution in [0.15, 0.2) is 29.3 Å². The molecule has 54 heavy (non-hydrogen) atoms. The molecule has 0 radical (unpaired) electrons. The average molecular weight is 775 g/mol. The summed E-state index contributed by atoms with van der Waals surface area (Å²) in [6, 6.07) is -1.43. The van der Waals surface area contributed by atoms with E-state index >= 15 is 0 Å². The maximum absolute atomic E-state index is 14.2. The van der Waals surface area contributed by atoms with Crippen LogP contribution >= 0.6 is 11.8 Å². The van der Waals surface area contributed by atoms with E-state index in [0.717, 1.165) is 16.7 Å². The molecule has 1 unspecified atom stereocenters. The van der Waals surface area contributed by atoms with Gasteiger partial charge in [0.25, 0.3) is 0 Å². The Morgan fingerprint density at radius 2 is 1.63 bits per heavy atom. The minimum atomic E-state index is -1.88. The van der Waals surface area contributed by atoms with Crippen LogP contribution in [0, 0.1) is 0 Å². The lowest BCUT2D eigenvalue weighted by molar-refractivity contribution is -0.142. The number of thioether (sulfide) groups is 1. The zero-order chi connectivity index (χ0) is 39.5. The van der Waals surface area contributed by atoms with Crippen LogP contribution in [0.25, 0.3) is 10.9 Å². The van der Waals surface area contributed by atoms with Crippen LogP contribution in [0.2, 0.25) is 0 Å². The number of hydrogen-bond donors (Lipinski definition) is 11. The van der Waals surface area contributed by atoms with Crippen LogP contribution in [0.5, 0.6) is 0 Å². The SMILES string of the molecule is C[C@@H]1NC(=O)[C@@H]2C[C@H](O)CN2C(=O)[C@@H]2CSc3[nH]c4ccccc4c3CC(NC1=O)C(=O)N[C@@H](C[C@@](C)(O)CO)C(=O)NCC(=O)N[C@H]([C@H](C)O)C(=O)N2. The molecule has 2 aromatic rings. The monoisotopic (exact) mass is 774 g/mol. The summed E-state index contributed by atoms with van der Waals surface area (Å²) in [7, 11) is 0. The highest BCUT2D eigenvalue weighted by Gasteiger charge is 2.43. The van der Waals surface area contributed by atoms with E-state index < -0.39 is 115 Å². The summed E-state index contributed by atoms with van der Waals surface area (Å²) in [4.78, 5) is 100. The number of nitrogens with one attached hydrogen (secondary N) is 7. The number of hydrogen-bond acceptors (Lipinski definition) is 12. The molecule has 3 aliphatic rings. The Hall–Kier alpha value is -4.76. The number of benzene rings is 1. The van der Waals surface area contributed by atoms with E-state index in [1.807, 2.05) is 0 Å². The van der Waals surface area contributed by atoms with E-state index in [4.69, 9.17) is 0 Å². The summed E-state index contributed by atoms with van der Waals surface area (Å²) >= 11 is 1.08. The summed E-state index contributed by atoms with van der Waals surface area (Å²) in [5, 5.41) is 57.7. The molecule has 294 valence electrons. The fourth-order valence-electron chi connectivity index (χ4n) is 6.60. The summed E-state index contributed by atoms with van der Waals surface area (Å²) < 4.78 is 0. The van der Waals surface area contributed by atoms with Crippen molar-refractivity contribution in [2.45, 2.75) is 99.1 Å². The van der Waals surface area contributed by atoms with Gasteiger partial charge in [0.2, 0.25) is 41.4 Å². The number of H-pyrrole nitrogens is 1. The van der Waals surface area contributed by atoms with Gasteiger partial charge in [0.05, 0.1) is 36.0 Å². The smallest absolute Gasteiger partial charge is 0.246 e. The summed E-state index contributed by atoms with van der Waals surface area (Å²) in [5.41, 5.74) is -0.728. The molecule has 1 fully saturated rings. The molecule has 19 nitrogen and oxygen atoms in total. The van der Waals surface area contributed by atoms with Gasteiger partial charge in [-0.25, -0.2) is 0 Å². The minimum Gasteiger partial charge on any atom is -0.393 e. The molecule has 7 amide bonds. The van der Waals surface area contributed by atoms with Gasteiger partial charge in [-0.05, 0) is 32.4 Å². The molecule has 11 N–H and O–H groups in total. The van der Waals surface area contributed by atoms with Gasteiger partial charge in [-0.1, -0.05) is 18.2 Å². The van der Waals surface area contributed by atoms with Crippen molar-refractivity contribution in [2.75, 3.05) is 25.4 Å². The first-order valence-electron chi connectivity index (χ1n) is 17.5. The van der Waals surface area contributed by atoms with Crippen molar-refractivity contribution in [3.05, 3.63) is 29.8 Å². The Balaban J connectivity index is 1.67. The van der Waals surface area contributed by atoms with Crippen molar-refractivity contribution in [3.63, 3.8) is 0 Å². The van der Waals surface area contributed by atoms with E-state index in [1.165, 1.54) is 20.8 Å². The third-order valence-electron chi connectivity index (χ3n) is 9.56. The average Bonchev–Trinajstić information content (AvgIpc) is 3.69. The molecule has 3 aliphatic heterocycles. The number of aromatic amines is 1. The van der Waals surface area contributed by atoms with E-state index in [2.05, 4.69) is 36.9 Å². The number of aliphatic hydroxyl groups excluding tert-OH is 3. The molecule has 4 heterocycles. The van der Waals surface area contributed by atoms with Crippen molar-refractivity contribution in [1.29, 1.82) is 0 Å². The Bertz CT molecular complexity index is 1800. The van der Waals surface area contributed by atoms with Gasteiger partial charge >= 0.3 is 0 Å². The second-order valence-corrected chi connectivity index (χ2v) is 15.2. The van der Waals surface area contributed by atoms with Gasteiger partial charge in [0, 0.05) is 42.5 Å². The van der Waals surface area contributed by atoms with Crippen LogP contribution in [0.1, 0.15) is 39.2 Å². The number of aromatic nitrogens is 1. The number of amides is 7. The topological polar surface area (TPSA) is 292 Å². The van der Waals surface area contributed by atoms with Crippen molar-refractivity contribution in [2.24, 2.45) is 0 Å². The minimum absolute atomic E-state index is 0.167. The number of aliphatic hydroxyl groups is 4. The van der Waals surface area contributed by atoms with E-state index in [0.29, 0.717) is 21.5 Å².